The van der Waals surface area contributed by atoms with Gasteiger partial charge in [-0.05, 0) is 50.1 Å². The predicted molar refractivity (Wildman–Crippen MR) is 120 cm³/mol. The van der Waals surface area contributed by atoms with Crippen LogP contribution in [0.15, 0.2) is 58.1 Å². The molecule has 0 aliphatic carbocycles. The molecule has 0 radical (unpaired) electrons. The maximum atomic E-state index is 13.5. The molecule has 168 valence electrons. The standard InChI is InChI=1S/C24H21FN4O3S/c1-4-31-24(30)21-19(12-33-23-17(10-26)13(2)9-14(3)29-23)32-22(28)18(11-27)20(21)15-5-7-16(25)8-6-15/h5-9,20H,4,12,28H2,1-3H3/t20-/m1/s1. The van der Waals surface area contributed by atoms with Crippen LogP contribution in [0.1, 0.15) is 35.2 Å². The highest BCUT2D eigenvalue weighted by molar-refractivity contribution is 7.99. The number of hydrogen-bond acceptors (Lipinski definition) is 8. The first-order valence-electron chi connectivity index (χ1n) is 10.0. The van der Waals surface area contributed by atoms with Crippen LogP contribution in [0.4, 0.5) is 4.39 Å². The molecule has 2 aromatic rings. The van der Waals surface area contributed by atoms with E-state index in [2.05, 4.69) is 11.1 Å². The van der Waals surface area contributed by atoms with Crippen LogP contribution < -0.4 is 5.73 Å². The number of nitrogens with two attached hydrogens (primary N) is 1. The first kappa shape index (κ1) is 23.8. The second kappa shape index (κ2) is 10.2. The van der Waals surface area contributed by atoms with Crippen molar-refractivity contribution in [3.63, 3.8) is 0 Å². The van der Waals surface area contributed by atoms with Gasteiger partial charge in [0.05, 0.1) is 29.4 Å². The Kier molecular flexibility index (Phi) is 7.37. The molecular formula is C24H21FN4O3S. The highest BCUT2D eigenvalue weighted by Crippen LogP contribution is 2.41. The van der Waals surface area contributed by atoms with Crippen LogP contribution in [-0.4, -0.2) is 23.3 Å². The van der Waals surface area contributed by atoms with Gasteiger partial charge < -0.3 is 15.2 Å². The van der Waals surface area contributed by atoms with Crippen molar-refractivity contribution in [2.75, 3.05) is 12.4 Å². The summed E-state index contributed by atoms with van der Waals surface area (Å²) >= 11 is 1.21. The van der Waals surface area contributed by atoms with E-state index in [4.69, 9.17) is 15.2 Å². The Labute approximate surface area is 195 Å². The Morgan fingerprint density at radius 2 is 1.97 bits per heavy atom. The third-order valence-corrected chi connectivity index (χ3v) is 5.93. The van der Waals surface area contributed by atoms with E-state index in [1.807, 2.05) is 26.0 Å². The number of benzene rings is 1. The quantitative estimate of drug-likeness (QED) is 0.500. The SMILES string of the molecule is CCOC(=O)C1=C(CSc2nc(C)cc(C)c2C#N)OC(N)=C(C#N)[C@H]1c1ccc(F)cc1. The number of thioether (sulfide) groups is 1. The number of carbonyl (C=O) groups is 1. The summed E-state index contributed by atoms with van der Waals surface area (Å²) in [6, 6.07) is 11.4. The lowest BCUT2D eigenvalue weighted by Crippen LogP contribution is -2.27. The van der Waals surface area contributed by atoms with Crippen molar-refractivity contribution < 1.29 is 18.7 Å². The fourth-order valence-electron chi connectivity index (χ4n) is 3.52. The Balaban J connectivity index is 2.11. The molecule has 1 aliphatic heterocycles. The summed E-state index contributed by atoms with van der Waals surface area (Å²) in [7, 11) is 0. The number of ether oxygens (including phenoxy) is 2. The fourth-order valence-corrected chi connectivity index (χ4v) is 4.56. The van der Waals surface area contributed by atoms with E-state index in [9.17, 15) is 19.7 Å². The smallest absolute Gasteiger partial charge is 0.338 e. The monoisotopic (exact) mass is 464 g/mol. The summed E-state index contributed by atoms with van der Waals surface area (Å²) in [6.07, 6.45) is 0. The van der Waals surface area contributed by atoms with E-state index >= 15 is 0 Å². The van der Waals surface area contributed by atoms with Crippen LogP contribution in [-0.2, 0) is 14.3 Å². The van der Waals surface area contributed by atoms with Crippen LogP contribution in [0.5, 0.6) is 0 Å². The van der Waals surface area contributed by atoms with Gasteiger partial charge in [-0.3, -0.25) is 0 Å². The van der Waals surface area contributed by atoms with Crippen molar-refractivity contribution in [1.29, 1.82) is 10.5 Å². The first-order chi connectivity index (χ1) is 15.8. The third kappa shape index (κ3) is 5.00. The fraction of sp³-hybridized carbons (Fsp3) is 0.250. The number of nitriles is 2. The Bertz CT molecular complexity index is 1240. The van der Waals surface area contributed by atoms with E-state index in [0.717, 1.165) is 11.3 Å². The van der Waals surface area contributed by atoms with Gasteiger partial charge in [-0.25, -0.2) is 14.2 Å². The minimum atomic E-state index is -0.887. The van der Waals surface area contributed by atoms with Gasteiger partial charge in [0, 0.05) is 5.69 Å². The maximum absolute atomic E-state index is 13.5. The highest BCUT2D eigenvalue weighted by Gasteiger charge is 2.37. The molecule has 1 atom stereocenters. The minimum absolute atomic E-state index is 0.0284. The largest absolute Gasteiger partial charge is 0.463 e. The summed E-state index contributed by atoms with van der Waals surface area (Å²) in [5.74, 6) is -1.86. The van der Waals surface area contributed by atoms with Gasteiger partial charge in [0.2, 0.25) is 5.88 Å². The molecule has 1 aliphatic rings. The number of nitrogens with zero attached hydrogens (tertiary/aromatic N) is 3. The van der Waals surface area contributed by atoms with Gasteiger partial charge in [0.25, 0.3) is 0 Å². The molecule has 3 rings (SSSR count). The summed E-state index contributed by atoms with van der Waals surface area (Å²) in [5.41, 5.74) is 8.62. The molecule has 9 heteroatoms. The van der Waals surface area contributed by atoms with Crippen LogP contribution >= 0.6 is 11.8 Å². The van der Waals surface area contributed by atoms with Gasteiger partial charge in [0.1, 0.15) is 34.3 Å². The molecule has 2 heterocycles. The molecule has 0 amide bonds. The van der Waals surface area contributed by atoms with Gasteiger partial charge >= 0.3 is 5.97 Å². The van der Waals surface area contributed by atoms with Gasteiger partial charge in [-0.2, -0.15) is 10.5 Å². The summed E-state index contributed by atoms with van der Waals surface area (Å²) in [6.45, 7) is 5.42. The molecule has 2 N–H and O–H groups in total. The minimum Gasteiger partial charge on any atom is -0.463 e. The Hall–Kier alpha value is -3.82. The summed E-state index contributed by atoms with van der Waals surface area (Å²) in [5, 5.41) is 19.8. The zero-order valence-corrected chi connectivity index (χ0v) is 19.1. The summed E-state index contributed by atoms with van der Waals surface area (Å²) in [4.78, 5) is 17.4. The number of esters is 1. The van der Waals surface area contributed by atoms with Crippen molar-refractivity contribution in [3.8, 4) is 12.1 Å². The molecule has 0 saturated carbocycles. The third-order valence-electron chi connectivity index (χ3n) is 4.96. The van der Waals surface area contributed by atoms with Crippen molar-refractivity contribution in [2.45, 2.75) is 31.7 Å². The molecule has 1 aromatic heterocycles. The lowest BCUT2D eigenvalue weighted by molar-refractivity contribution is -0.139. The van der Waals surface area contributed by atoms with Gasteiger partial charge in [-0.1, -0.05) is 23.9 Å². The van der Waals surface area contributed by atoms with E-state index < -0.39 is 17.7 Å². The van der Waals surface area contributed by atoms with E-state index in [1.165, 1.54) is 36.0 Å². The molecule has 0 fully saturated rings. The van der Waals surface area contributed by atoms with E-state index in [-0.39, 0.29) is 35.1 Å². The number of halogens is 1. The van der Waals surface area contributed by atoms with Crippen LogP contribution in [0.2, 0.25) is 0 Å². The molecule has 0 bridgehead atoms. The van der Waals surface area contributed by atoms with Crippen LogP contribution in [0.25, 0.3) is 0 Å². The normalized spacial score (nSPS) is 15.5. The zero-order chi connectivity index (χ0) is 24.1. The zero-order valence-electron chi connectivity index (χ0n) is 18.3. The van der Waals surface area contributed by atoms with Gasteiger partial charge in [-0.15, -0.1) is 0 Å². The number of aromatic nitrogens is 1. The second-order valence-electron chi connectivity index (χ2n) is 7.19. The predicted octanol–water partition coefficient (Wildman–Crippen LogP) is 4.13. The topological polar surface area (TPSA) is 122 Å². The Morgan fingerprint density at radius 1 is 1.27 bits per heavy atom. The lowest BCUT2D eigenvalue weighted by atomic mass is 9.83. The molecular weight excluding hydrogens is 443 g/mol. The average molecular weight is 465 g/mol. The second-order valence-corrected chi connectivity index (χ2v) is 8.16. The van der Waals surface area contributed by atoms with Crippen molar-refractivity contribution in [3.05, 3.63) is 81.3 Å². The van der Waals surface area contributed by atoms with Crippen molar-refractivity contribution in [1.82, 2.24) is 4.98 Å². The molecule has 33 heavy (non-hydrogen) atoms. The average Bonchev–Trinajstić information content (AvgIpc) is 2.77. The van der Waals surface area contributed by atoms with Crippen molar-refractivity contribution in [2.24, 2.45) is 5.73 Å². The van der Waals surface area contributed by atoms with Crippen molar-refractivity contribution >= 4 is 17.7 Å². The molecule has 7 nitrogen and oxygen atoms in total. The Morgan fingerprint density at radius 3 is 2.58 bits per heavy atom. The highest BCUT2D eigenvalue weighted by atomic mass is 32.2. The molecule has 0 saturated heterocycles. The molecule has 1 aromatic carbocycles. The number of rotatable bonds is 6. The number of hydrogen-bond donors (Lipinski definition) is 1. The van der Waals surface area contributed by atoms with E-state index in [0.29, 0.717) is 16.2 Å². The molecule has 0 spiro atoms. The van der Waals surface area contributed by atoms with E-state index in [1.54, 1.807) is 6.92 Å². The molecule has 0 unspecified atom stereocenters. The number of pyridine rings is 1. The lowest BCUT2D eigenvalue weighted by Gasteiger charge is -2.28. The first-order valence-corrected chi connectivity index (χ1v) is 11.0. The maximum Gasteiger partial charge on any atom is 0.338 e. The van der Waals surface area contributed by atoms with Gasteiger partial charge in [0.15, 0.2) is 0 Å². The number of allylic oxidation sites excluding steroid dienone is 1. The number of aryl methyl sites for hydroxylation is 2. The van der Waals surface area contributed by atoms with Crippen LogP contribution in [0.3, 0.4) is 0 Å². The summed E-state index contributed by atoms with van der Waals surface area (Å²) < 4.78 is 24.5. The van der Waals surface area contributed by atoms with Crippen LogP contribution in [0, 0.1) is 42.3 Å². The number of carbonyl (C=O) groups excluding carboxylic acids is 1.